The van der Waals surface area contributed by atoms with E-state index < -0.39 is 0 Å². The number of methoxy groups -OCH3 is 1. The third-order valence-electron chi connectivity index (χ3n) is 3.25. The highest BCUT2D eigenvalue weighted by atomic mass is 35.5. The highest BCUT2D eigenvalue weighted by Crippen LogP contribution is 2.22. The molecule has 5 heteroatoms. The van der Waals surface area contributed by atoms with Crippen molar-refractivity contribution in [2.45, 2.75) is 18.9 Å². The first kappa shape index (κ1) is 13.2. The lowest BCUT2D eigenvalue weighted by Gasteiger charge is -2.32. The molecule has 1 amide bonds. The lowest BCUT2D eigenvalue weighted by molar-refractivity contribution is 0.0269. The van der Waals surface area contributed by atoms with Crippen LogP contribution in [0.25, 0.3) is 0 Å². The van der Waals surface area contributed by atoms with E-state index in [4.69, 9.17) is 22.1 Å². The van der Waals surface area contributed by atoms with Gasteiger partial charge in [-0.1, -0.05) is 11.6 Å². The molecule has 0 spiro atoms. The Balaban J connectivity index is 2.12. The van der Waals surface area contributed by atoms with Gasteiger partial charge in [-0.3, -0.25) is 4.79 Å². The normalized spacial score (nSPS) is 19.9. The molecule has 1 atom stereocenters. The Morgan fingerprint density at radius 3 is 3.00 bits per heavy atom. The molecule has 2 rings (SSSR count). The van der Waals surface area contributed by atoms with Crippen LogP contribution in [0.15, 0.2) is 18.2 Å². The molecule has 1 aliphatic rings. The first-order valence-corrected chi connectivity index (χ1v) is 6.36. The van der Waals surface area contributed by atoms with Crippen LogP contribution >= 0.6 is 11.6 Å². The van der Waals surface area contributed by atoms with Crippen molar-refractivity contribution in [2.75, 3.05) is 25.9 Å². The number of hydrogen-bond acceptors (Lipinski definition) is 3. The molecule has 1 unspecified atom stereocenters. The number of amides is 1. The molecule has 0 radical (unpaired) electrons. The van der Waals surface area contributed by atoms with E-state index in [2.05, 4.69) is 0 Å². The number of carbonyl (C=O) groups excluding carboxylic acids is 1. The fraction of sp³-hybridized carbons (Fsp3) is 0.462. The van der Waals surface area contributed by atoms with Gasteiger partial charge in [0.05, 0.1) is 16.8 Å². The molecule has 1 heterocycles. The summed E-state index contributed by atoms with van der Waals surface area (Å²) in [6.07, 6.45) is 2.10. The monoisotopic (exact) mass is 268 g/mol. The first-order valence-electron chi connectivity index (χ1n) is 5.99. The summed E-state index contributed by atoms with van der Waals surface area (Å²) in [5.41, 5.74) is 6.70. The van der Waals surface area contributed by atoms with Crippen molar-refractivity contribution >= 4 is 23.2 Å². The van der Waals surface area contributed by atoms with E-state index in [-0.39, 0.29) is 12.0 Å². The number of piperidine rings is 1. The van der Waals surface area contributed by atoms with Crippen LogP contribution in [0.2, 0.25) is 5.02 Å². The summed E-state index contributed by atoms with van der Waals surface area (Å²) in [6, 6.07) is 4.99. The van der Waals surface area contributed by atoms with Crippen LogP contribution in [0.5, 0.6) is 0 Å². The summed E-state index contributed by atoms with van der Waals surface area (Å²) in [7, 11) is 1.68. The van der Waals surface area contributed by atoms with Crippen LogP contribution in [0, 0.1) is 0 Å². The zero-order valence-electron chi connectivity index (χ0n) is 10.4. The van der Waals surface area contributed by atoms with Gasteiger partial charge >= 0.3 is 0 Å². The Morgan fingerprint density at radius 2 is 2.33 bits per heavy atom. The Labute approximate surface area is 112 Å². The highest BCUT2D eigenvalue weighted by Gasteiger charge is 2.24. The van der Waals surface area contributed by atoms with Crippen LogP contribution in [0.3, 0.4) is 0 Å². The number of hydrogen-bond donors (Lipinski definition) is 1. The number of carbonyl (C=O) groups is 1. The average Bonchev–Trinajstić information content (AvgIpc) is 2.41. The number of anilines is 1. The van der Waals surface area contributed by atoms with Crippen LogP contribution in [-0.2, 0) is 4.74 Å². The van der Waals surface area contributed by atoms with Crippen LogP contribution in [0.1, 0.15) is 23.2 Å². The fourth-order valence-electron chi connectivity index (χ4n) is 2.16. The van der Waals surface area contributed by atoms with Crippen molar-refractivity contribution < 1.29 is 9.53 Å². The SMILES string of the molecule is COC1CCCN(C(=O)c2ccc(N)c(Cl)c2)C1. The number of nitrogens with two attached hydrogens (primary N) is 1. The number of ether oxygens (including phenoxy) is 1. The van der Waals surface area contributed by atoms with Gasteiger partial charge in [0, 0.05) is 25.8 Å². The van der Waals surface area contributed by atoms with Crippen LogP contribution in [-0.4, -0.2) is 37.1 Å². The molecule has 1 aromatic rings. The van der Waals surface area contributed by atoms with Crippen molar-refractivity contribution in [1.29, 1.82) is 0 Å². The Kier molecular flexibility index (Phi) is 4.09. The maximum Gasteiger partial charge on any atom is 0.253 e. The van der Waals surface area contributed by atoms with Gasteiger partial charge in [0.25, 0.3) is 5.91 Å². The summed E-state index contributed by atoms with van der Waals surface area (Å²) in [4.78, 5) is 14.1. The summed E-state index contributed by atoms with van der Waals surface area (Å²) in [6.45, 7) is 1.40. The second-order valence-corrected chi connectivity index (χ2v) is 4.89. The van der Waals surface area contributed by atoms with E-state index in [0.717, 1.165) is 19.4 Å². The Hall–Kier alpha value is -1.26. The van der Waals surface area contributed by atoms with Gasteiger partial charge in [0.15, 0.2) is 0 Å². The van der Waals surface area contributed by atoms with Gasteiger partial charge in [0.1, 0.15) is 0 Å². The molecule has 98 valence electrons. The van der Waals surface area contributed by atoms with Crippen LogP contribution < -0.4 is 5.73 Å². The topological polar surface area (TPSA) is 55.6 Å². The minimum absolute atomic E-state index is 0.0151. The molecule has 1 fully saturated rings. The molecular formula is C13H17ClN2O2. The highest BCUT2D eigenvalue weighted by molar-refractivity contribution is 6.33. The first-order chi connectivity index (χ1) is 8.61. The molecule has 0 saturated carbocycles. The van der Waals surface area contributed by atoms with E-state index >= 15 is 0 Å². The maximum absolute atomic E-state index is 12.3. The Morgan fingerprint density at radius 1 is 1.56 bits per heavy atom. The van der Waals surface area contributed by atoms with Gasteiger partial charge in [0.2, 0.25) is 0 Å². The van der Waals surface area contributed by atoms with Crippen LogP contribution in [0.4, 0.5) is 5.69 Å². The third kappa shape index (κ3) is 2.76. The van der Waals surface area contributed by atoms with Gasteiger partial charge in [-0.05, 0) is 31.0 Å². The largest absolute Gasteiger partial charge is 0.398 e. The average molecular weight is 269 g/mol. The lowest BCUT2D eigenvalue weighted by Crippen LogP contribution is -2.42. The number of nitrogens with zero attached hydrogens (tertiary/aromatic N) is 1. The van der Waals surface area contributed by atoms with Crippen molar-refractivity contribution in [1.82, 2.24) is 4.90 Å². The number of likely N-dealkylation sites (tertiary alicyclic amines) is 1. The second-order valence-electron chi connectivity index (χ2n) is 4.49. The summed E-state index contributed by atoms with van der Waals surface area (Å²) in [5.74, 6) is -0.0151. The minimum atomic E-state index is -0.0151. The molecule has 1 saturated heterocycles. The predicted molar refractivity (Wildman–Crippen MR) is 71.8 cm³/mol. The second kappa shape index (κ2) is 5.59. The third-order valence-corrected chi connectivity index (χ3v) is 3.57. The molecule has 4 nitrogen and oxygen atoms in total. The molecule has 1 aliphatic heterocycles. The molecule has 18 heavy (non-hydrogen) atoms. The lowest BCUT2D eigenvalue weighted by atomic mass is 10.1. The maximum atomic E-state index is 12.3. The summed E-state index contributed by atoms with van der Waals surface area (Å²) >= 11 is 5.93. The molecule has 0 aliphatic carbocycles. The Bertz CT molecular complexity index is 451. The zero-order chi connectivity index (χ0) is 13.1. The standard InChI is InChI=1S/C13H17ClN2O2/c1-18-10-3-2-6-16(8-10)13(17)9-4-5-12(15)11(14)7-9/h4-5,7,10H,2-3,6,8,15H2,1H3. The van der Waals surface area contributed by atoms with Gasteiger partial charge in [-0.25, -0.2) is 0 Å². The van der Waals surface area contributed by atoms with E-state index in [1.54, 1.807) is 30.2 Å². The van der Waals surface area contributed by atoms with E-state index in [9.17, 15) is 4.79 Å². The molecule has 0 bridgehead atoms. The summed E-state index contributed by atoms with van der Waals surface area (Å²) < 4.78 is 5.31. The molecule has 2 N–H and O–H groups in total. The number of benzene rings is 1. The zero-order valence-corrected chi connectivity index (χ0v) is 11.1. The van der Waals surface area contributed by atoms with Gasteiger partial charge in [-0.2, -0.15) is 0 Å². The van der Waals surface area contributed by atoms with E-state index in [1.165, 1.54) is 0 Å². The quantitative estimate of drug-likeness (QED) is 0.837. The molecule has 1 aromatic carbocycles. The number of halogens is 1. The predicted octanol–water partition coefficient (Wildman–Crippen LogP) is 2.17. The number of nitrogen functional groups attached to an aromatic ring is 1. The summed E-state index contributed by atoms with van der Waals surface area (Å²) in [5, 5.41) is 0.418. The van der Waals surface area contributed by atoms with Crippen molar-refractivity contribution in [3.63, 3.8) is 0 Å². The molecular weight excluding hydrogens is 252 g/mol. The minimum Gasteiger partial charge on any atom is -0.398 e. The molecule has 0 aromatic heterocycles. The van der Waals surface area contributed by atoms with Crippen molar-refractivity contribution in [3.8, 4) is 0 Å². The number of rotatable bonds is 2. The van der Waals surface area contributed by atoms with Crippen molar-refractivity contribution in [2.24, 2.45) is 0 Å². The fourth-order valence-corrected chi connectivity index (χ4v) is 2.34. The van der Waals surface area contributed by atoms with Gasteiger partial charge < -0.3 is 15.4 Å². The van der Waals surface area contributed by atoms with E-state index in [0.29, 0.717) is 22.8 Å². The van der Waals surface area contributed by atoms with Gasteiger partial charge in [-0.15, -0.1) is 0 Å². The van der Waals surface area contributed by atoms with Crippen molar-refractivity contribution in [3.05, 3.63) is 28.8 Å². The smallest absolute Gasteiger partial charge is 0.253 e. The van der Waals surface area contributed by atoms with E-state index in [1.807, 2.05) is 0 Å².